The van der Waals surface area contributed by atoms with Gasteiger partial charge < -0.3 is 4.74 Å². The average molecular weight is 275 g/mol. The van der Waals surface area contributed by atoms with Crippen molar-refractivity contribution in [2.45, 2.75) is 13.2 Å². The fraction of sp³-hybridized carbons (Fsp3) is 0.444. The van der Waals surface area contributed by atoms with Crippen molar-refractivity contribution in [3.63, 3.8) is 0 Å². The molecule has 0 aliphatic carbocycles. The van der Waals surface area contributed by atoms with Crippen LogP contribution in [0.4, 0.5) is 10.1 Å². The number of hydrogen-bond donors (Lipinski definition) is 0. The third-order valence-electron chi connectivity index (χ3n) is 2.17. The summed E-state index contributed by atoms with van der Waals surface area (Å²) in [6, 6.07) is 0. The summed E-state index contributed by atoms with van der Waals surface area (Å²) < 4.78 is 18.5. The van der Waals surface area contributed by atoms with Crippen molar-refractivity contribution in [1.82, 2.24) is 9.13 Å². The molecule has 0 N–H and O–H groups in total. The smallest absolute Gasteiger partial charge is 0.362 e. The van der Waals surface area contributed by atoms with Crippen LogP contribution >= 0.6 is 0 Å². The van der Waals surface area contributed by atoms with Crippen LogP contribution in [-0.2, 0) is 16.6 Å². The first-order chi connectivity index (χ1) is 8.81. The van der Waals surface area contributed by atoms with Crippen LogP contribution in [-0.4, -0.2) is 26.6 Å². The Morgan fingerprint density at radius 1 is 1.58 bits per heavy atom. The van der Waals surface area contributed by atoms with E-state index in [0.717, 1.165) is 7.05 Å². The molecule has 0 radical (unpaired) electrons. The number of aryl methyl sites for hydroxylation is 1. The van der Waals surface area contributed by atoms with E-state index in [4.69, 9.17) is 0 Å². The van der Waals surface area contributed by atoms with E-state index in [0.29, 0.717) is 10.8 Å². The molecular weight excluding hydrogens is 265 g/mol. The third-order valence-corrected chi connectivity index (χ3v) is 2.17. The average Bonchev–Trinajstić information content (AvgIpc) is 2.33. The number of nitro groups is 1. The SMILES string of the molecule is CCOC(=O)C(F)n1c(=O)c([N+](=O)[O-])cn(C)c1=O. The number of aromatic nitrogens is 2. The van der Waals surface area contributed by atoms with E-state index in [1.165, 1.54) is 6.92 Å². The van der Waals surface area contributed by atoms with Gasteiger partial charge in [-0.05, 0) is 6.92 Å². The van der Waals surface area contributed by atoms with E-state index in [1.807, 2.05) is 0 Å². The first-order valence-electron chi connectivity index (χ1n) is 5.08. The second-order valence-corrected chi connectivity index (χ2v) is 3.43. The summed E-state index contributed by atoms with van der Waals surface area (Å²) in [5.74, 6) is -1.47. The highest BCUT2D eigenvalue weighted by atomic mass is 19.1. The lowest BCUT2D eigenvalue weighted by molar-refractivity contribution is -0.387. The molecule has 9 nitrogen and oxygen atoms in total. The van der Waals surface area contributed by atoms with Crippen molar-refractivity contribution in [3.05, 3.63) is 37.1 Å². The lowest BCUT2D eigenvalue weighted by Crippen LogP contribution is -2.43. The molecular formula is C9H10FN3O6. The molecule has 0 aliphatic rings. The molecule has 0 bridgehead atoms. The highest BCUT2D eigenvalue weighted by molar-refractivity contribution is 5.72. The number of ether oxygens (including phenoxy) is 1. The number of hydrogen-bond acceptors (Lipinski definition) is 6. The molecule has 0 spiro atoms. The van der Waals surface area contributed by atoms with Gasteiger partial charge in [-0.3, -0.25) is 19.5 Å². The maximum absolute atomic E-state index is 13.7. The molecule has 0 aliphatic heterocycles. The summed E-state index contributed by atoms with van der Waals surface area (Å²) in [6.07, 6.45) is -2.08. The largest absolute Gasteiger partial charge is 0.462 e. The molecule has 1 rings (SSSR count). The minimum absolute atomic E-state index is 0.157. The van der Waals surface area contributed by atoms with Crippen molar-refractivity contribution in [2.75, 3.05) is 6.61 Å². The van der Waals surface area contributed by atoms with E-state index in [-0.39, 0.29) is 11.2 Å². The van der Waals surface area contributed by atoms with Gasteiger partial charge in [-0.15, -0.1) is 0 Å². The number of esters is 1. The van der Waals surface area contributed by atoms with Gasteiger partial charge in [-0.2, -0.15) is 0 Å². The Balaban J connectivity index is 3.51. The quantitative estimate of drug-likeness (QED) is 0.415. The van der Waals surface area contributed by atoms with Gasteiger partial charge >= 0.3 is 22.9 Å². The van der Waals surface area contributed by atoms with Crippen LogP contribution in [0.5, 0.6) is 0 Å². The van der Waals surface area contributed by atoms with Crippen molar-refractivity contribution in [1.29, 1.82) is 0 Å². The van der Waals surface area contributed by atoms with Gasteiger partial charge in [0.05, 0.1) is 17.7 Å². The summed E-state index contributed by atoms with van der Waals surface area (Å²) in [4.78, 5) is 43.8. The van der Waals surface area contributed by atoms with Crippen molar-refractivity contribution in [2.24, 2.45) is 7.05 Å². The van der Waals surface area contributed by atoms with Crippen molar-refractivity contribution < 1.29 is 18.8 Å². The fourth-order valence-corrected chi connectivity index (χ4v) is 1.32. The number of rotatable bonds is 4. The maximum Gasteiger partial charge on any atom is 0.362 e. The zero-order valence-corrected chi connectivity index (χ0v) is 10.0. The lowest BCUT2D eigenvalue weighted by Gasteiger charge is -2.10. The molecule has 0 fully saturated rings. The van der Waals surface area contributed by atoms with E-state index >= 15 is 0 Å². The second-order valence-electron chi connectivity index (χ2n) is 3.43. The fourth-order valence-electron chi connectivity index (χ4n) is 1.32. The highest BCUT2D eigenvalue weighted by Crippen LogP contribution is 2.08. The molecule has 10 heteroatoms. The molecule has 19 heavy (non-hydrogen) atoms. The Kier molecular flexibility index (Phi) is 4.14. The van der Waals surface area contributed by atoms with Crippen LogP contribution in [0.1, 0.15) is 13.2 Å². The van der Waals surface area contributed by atoms with E-state index in [9.17, 15) is 28.9 Å². The standard InChI is InChI=1S/C9H10FN3O6/c1-3-19-8(15)6(10)12-7(14)5(13(17)18)4-11(2)9(12)16/h4,6H,3H2,1-2H3. The predicted octanol–water partition coefficient (Wildman–Crippen LogP) is -0.514. The van der Waals surface area contributed by atoms with Gasteiger partial charge in [-0.25, -0.2) is 18.5 Å². The Labute approximate surface area is 105 Å². The topological polar surface area (TPSA) is 113 Å². The molecule has 1 heterocycles. The molecule has 0 saturated carbocycles. The van der Waals surface area contributed by atoms with Gasteiger partial charge in [0.2, 0.25) is 0 Å². The predicted molar refractivity (Wildman–Crippen MR) is 59.4 cm³/mol. The molecule has 1 atom stereocenters. The monoisotopic (exact) mass is 275 g/mol. The molecule has 1 aromatic heterocycles. The van der Waals surface area contributed by atoms with Crippen LogP contribution in [0.2, 0.25) is 0 Å². The van der Waals surface area contributed by atoms with Gasteiger partial charge in [0, 0.05) is 7.05 Å². The minimum atomic E-state index is -2.73. The lowest BCUT2D eigenvalue weighted by atomic mass is 10.4. The molecule has 0 saturated heterocycles. The third kappa shape index (κ3) is 2.67. The van der Waals surface area contributed by atoms with Crippen LogP contribution in [0.3, 0.4) is 0 Å². The van der Waals surface area contributed by atoms with Crippen LogP contribution in [0.15, 0.2) is 15.8 Å². The molecule has 0 aromatic carbocycles. The summed E-state index contributed by atoms with van der Waals surface area (Å²) in [5.41, 5.74) is -3.72. The first-order valence-corrected chi connectivity index (χ1v) is 5.08. The zero-order chi connectivity index (χ0) is 14.7. The number of nitrogens with zero attached hydrogens (tertiary/aromatic N) is 3. The summed E-state index contributed by atoms with van der Waals surface area (Å²) in [7, 11) is 1.09. The van der Waals surface area contributed by atoms with Gasteiger partial charge in [0.25, 0.3) is 6.30 Å². The molecule has 0 amide bonds. The summed E-state index contributed by atoms with van der Waals surface area (Å²) >= 11 is 0. The Bertz CT molecular complexity index is 634. The van der Waals surface area contributed by atoms with Crippen LogP contribution < -0.4 is 11.2 Å². The van der Waals surface area contributed by atoms with E-state index in [2.05, 4.69) is 4.74 Å². The number of alkyl halides is 1. The van der Waals surface area contributed by atoms with E-state index in [1.54, 1.807) is 0 Å². The number of carbonyl (C=O) groups is 1. The zero-order valence-electron chi connectivity index (χ0n) is 10.0. The Hall–Kier alpha value is -2.52. The molecule has 1 aromatic rings. The minimum Gasteiger partial charge on any atom is -0.462 e. The van der Waals surface area contributed by atoms with Crippen LogP contribution in [0.25, 0.3) is 0 Å². The normalized spacial score (nSPS) is 11.9. The highest BCUT2D eigenvalue weighted by Gasteiger charge is 2.29. The van der Waals surface area contributed by atoms with Crippen molar-refractivity contribution >= 4 is 11.7 Å². The van der Waals surface area contributed by atoms with Gasteiger partial charge in [0.1, 0.15) is 0 Å². The Morgan fingerprint density at radius 3 is 2.63 bits per heavy atom. The first kappa shape index (κ1) is 14.5. The number of halogens is 1. The Morgan fingerprint density at radius 2 is 2.16 bits per heavy atom. The van der Waals surface area contributed by atoms with Gasteiger partial charge in [-0.1, -0.05) is 0 Å². The van der Waals surface area contributed by atoms with Crippen LogP contribution in [0, 0.1) is 10.1 Å². The summed E-state index contributed by atoms with van der Waals surface area (Å²) in [5, 5.41) is 10.6. The molecule has 104 valence electrons. The molecule has 1 unspecified atom stereocenters. The van der Waals surface area contributed by atoms with E-state index < -0.39 is 34.1 Å². The maximum atomic E-state index is 13.7. The van der Waals surface area contributed by atoms with Crippen molar-refractivity contribution in [3.8, 4) is 0 Å². The second kappa shape index (κ2) is 5.42. The van der Waals surface area contributed by atoms with Gasteiger partial charge in [0.15, 0.2) is 0 Å². The number of carbonyl (C=O) groups excluding carboxylic acids is 1. The summed E-state index contributed by atoms with van der Waals surface area (Å²) in [6.45, 7) is 1.24.